The number of nitrogens with one attached hydrogen (secondary N) is 1. The van der Waals surface area contributed by atoms with Crippen molar-refractivity contribution in [2.45, 2.75) is 0 Å². The van der Waals surface area contributed by atoms with Gasteiger partial charge < -0.3 is 14.2 Å². The summed E-state index contributed by atoms with van der Waals surface area (Å²) in [5.41, 5.74) is 2.23. The van der Waals surface area contributed by atoms with Gasteiger partial charge in [-0.25, -0.2) is 4.79 Å². The molecular formula is C26H15Cl2NO4. The summed E-state index contributed by atoms with van der Waals surface area (Å²) in [6, 6.07) is 24.3. The van der Waals surface area contributed by atoms with Crippen LogP contribution in [0.25, 0.3) is 33.4 Å². The number of hydrogen-bond acceptors (Lipinski definition) is 4. The van der Waals surface area contributed by atoms with Gasteiger partial charge in [0.25, 0.3) is 5.91 Å². The molecule has 5 nitrogen and oxygen atoms in total. The highest BCUT2D eigenvalue weighted by atomic mass is 35.5. The summed E-state index contributed by atoms with van der Waals surface area (Å²) in [5.74, 6) is 0.130. The number of fused-ring (bicyclic) bond motifs is 1. The van der Waals surface area contributed by atoms with Gasteiger partial charge in [0.2, 0.25) is 0 Å². The van der Waals surface area contributed by atoms with Crippen LogP contribution >= 0.6 is 23.2 Å². The Labute approximate surface area is 198 Å². The van der Waals surface area contributed by atoms with Crippen LogP contribution < -0.4 is 10.9 Å². The number of furan rings is 1. The van der Waals surface area contributed by atoms with Crippen molar-refractivity contribution in [3.05, 3.63) is 111 Å². The summed E-state index contributed by atoms with van der Waals surface area (Å²) < 4.78 is 11.1. The molecule has 0 aliphatic rings. The molecule has 0 aliphatic heterocycles. The predicted molar refractivity (Wildman–Crippen MR) is 130 cm³/mol. The van der Waals surface area contributed by atoms with E-state index in [1.54, 1.807) is 66.7 Å². The van der Waals surface area contributed by atoms with Crippen LogP contribution in [0.4, 0.5) is 5.69 Å². The van der Waals surface area contributed by atoms with E-state index < -0.39 is 11.5 Å². The molecule has 7 heteroatoms. The summed E-state index contributed by atoms with van der Waals surface area (Å²) in [6.45, 7) is 0. The Morgan fingerprint density at radius 3 is 2.48 bits per heavy atom. The van der Waals surface area contributed by atoms with Crippen molar-refractivity contribution in [1.29, 1.82) is 0 Å². The Morgan fingerprint density at radius 2 is 1.64 bits per heavy atom. The zero-order valence-corrected chi connectivity index (χ0v) is 18.5. The minimum absolute atomic E-state index is 0.117. The zero-order valence-electron chi connectivity index (χ0n) is 17.0. The second-order valence-electron chi connectivity index (χ2n) is 7.31. The normalized spacial score (nSPS) is 11.0. The molecule has 5 aromatic rings. The van der Waals surface area contributed by atoms with Crippen molar-refractivity contribution in [2.75, 3.05) is 5.32 Å². The molecule has 0 atom stereocenters. The lowest BCUT2D eigenvalue weighted by Crippen LogP contribution is -2.11. The Morgan fingerprint density at radius 1 is 0.788 bits per heavy atom. The van der Waals surface area contributed by atoms with Gasteiger partial charge in [0, 0.05) is 21.7 Å². The summed E-state index contributed by atoms with van der Waals surface area (Å²) in [6.07, 6.45) is 0. The summed E-state index contributed by atoms with van der Waals surface area (Å²) >= 11 is 12.2. The van der Waals surface area contributed by atoms with Gasteiger partial charge >= 0.3 is 5.63 Å². The van der Waals surface area contributed by atoms with E-state index in [4.69, 9.17) is 32.0 Å². The summed E-state index contributed by atoms with van der Waals surface area (Å²) in [7, 11) is 0. The van der Waals surface area contributed by atoms with E-state index >= 15 is 0 Å². The van der Waals surface area contributed by atoms with Gasteiger partial charge in [-0.05, 0) is 60.2 Å². The number of carbonyl (C=O) groups excluding carboxylic acids is 1. The van der Waals surface area contributed by atoms with E-state index in [2.05, 4.69) is 5.32 Å². The highest BCUT2D eigenvalue weighted by Crippen LogP contribution is 2.32. The Bertz CT molecular complexity index is 1570. The molecule has 0 radical (unpaired) electrons. The van der Waals surface area contributed by atoms with Crippen LogP contribution in [0.1, 0.15) is 10.6 Å². The average Bonchev–Trinajstić information content (AvgIpc) is 3.29. The SMILES string of the molecule is O=C(Nc1cccc(-c2cc3ccccc3oc2=O)c1)c1ccc(-c2ccc(Cl)cc2Cl)o1. The average molecular weight is 476 g/mol. The van der Waals surface area contributed by atoms with E-state index in [0.29, 0.717) is 43.8 Å². The van der Waals surface area contributed by atoms with E-state index in [-0.39, 0.29) is 5.76 Å². The minimum atomic E-state index is -0.451. The van der Waals surface area contributed by atoms with Crippen molar-refractivity contribution >= 4 is 45.8 Å². The highest BCUT2D eigenvalue weighted by Gasteiger charge is 2.15. The second kappa shape index (κ2) is 8.62. The zero-order chi connectivity index (χ0) is 22.9. The van der Waals surface area contributed by atoms with Gasteiger partial charge in [-0.1, -0.05) is 53.5 Å². The van der Waals surface area contributed by atoms with E-state index in [0.717, 1.165) is 5.39 Å². The topological polar surface area (TPSA) is 72.5 Å². The monoisotopic (exact) mass is 475 g/mol. The highest BCUT2D eigenvalue weighted by molar-refractivity contribution is 6.36. The quantitative estimate of drug-likeness (QED) is 0.277. The van der Waals surface area contributed by atoms with E-state index in [1.807, 2.05) is 18.2 Å². The van der Waals surface area contributed by atoms with Crippen molar-refractivity contribution in [3.8, 4) is 22.5 Å². The van der Waals surface area contributed by atoms with Crippen LogP contribution in [-0.4, -0.2) is 5.91 Å². The van der Waals surface area contributed by atoms with Crippen molar-refractivity contribution in [3.63, 3.8) is 0 Å². The fraction of sp³-hybridized carbons (Fsp3) is 0. The first-order chi connectivity index (χ1) is 16.0. The second-order valence-corrected chi connectivity index (χ2v) is 8.15. The van der Waals surface area contributed by atoms with Gasteiger partial charge in [-0.2, -0.15) is 0 Å². The van der Waals surface area contributed by atoms with Gasteiger partial charge in [0.05, 0.1) is 10.6 Å². The standard InChI is InChI=1S/C26H15Cl2NO4/c27-17-8-9-19(21(28)14-17)23-10-11-24(32-23)25(30)29-18-6-3-5-15(12-18)20-13-16-4-1-2-7-22(16)33-26(20)31/h1-14H,(H,29,30). The maximum Gasteiger partial charge on any atom is 0.344 e. The number of rotatable bonds is 4. The molecule has 162 valence electrons. The molecule has 33 heavy (non-hydrogen) atoms. The van der Waals surface area contributed by atoms with Crippen LogP contribution in [-0.2, 0) is 0 Å². The number of carbonyl (C=O) groups is 1. The molecule has 0 unspecified atom stereocenters. The molecule has 5 rings (SSSR count). The van der Waals surface area contributed by atoms with Gasteiger partial charge in [0.15, 0.2) is 5.76 Å². The molecule has 0 spiro atoms. The minimum Gasteiger partial charge on any atom is -0.451 e. The molecule has 2 heterocycles. The number of benzene rings is 3. The molecule has 3 aromatic carbocycles. The number of para-hydroxylation sites is 1. The number of amides is 1. The molecule has 1 N–H and O–H groups in total. The first-order valence-electron chi connectivity index (χ1n) is 9.98. The Balaban J connectivity index is 1.41. The third-order valence-corrected chi connectivity index (χ3v) is 5.65. The van der Waals surface area contributed by atoms with E-state index in [9.17, 15) is 9.59 Å². The first kappa shape index (κ1) is 21.1. The molecular weight excluding hydrogens is 461 g/mol. The fourth-order valence-electron chi connectivity index (χ4n) is 3.51. The lowest BCUT2D eigenvalue weighted by atomic mass is 10.1. The van der Waals surface area contributed by atoms with Crippen LogP contribution in [0.5, 0.6) is 0 Å². The molecule has 2 aromatic heterocycles. The molecule has 1 amide bonds. The lowest BCUT2D eigenvalue weighted by Gasteiger charge is -2.07. The summed E-state index contributed by atoms with van der Waals surface area (Å²) in [5, 5.41) is 4.53. The molecule has 0 fully saturated rings. The first-order valence-corrected chi connectivity index (χ1v) is 10.7. The maximum atomic E-state index is 12.7. The smallest absolute Gasteiger partial charge is 0.344 e. The predicted octanol–water partition coefficient (Wildman–Crippen LogP) is 7.28. The Hall–Kier alpha value is -3.80. The Kier molecular flexibility index (Phi) is 5.50. The van der Waals surface area contributed by atoms with E-state index in [1.165, 1.54) is 0 Å². The molecule has 0 saturated carbocycles. The van der Waals surface area contributed by atoms with Crippen LogP contribution in [0.3, 0.4) is 0 Å². The fourth-order valence-corrected chi connectivity index (χ4v) is 4.02. The molecule has 0 saturated heterocycles. The summed E-state index contributed by atoms with van der Waals surface area (Å²) in [4.78, 5) is 25.2. The maximum absolute atomic E-state index is 12.7. The van der Waals surface area contributed by atoms with Crippen LogP contribution in [0, 0.1) is 0 Å². The largest absolute Gasteiger partial charge is 0.451 e. The van der Waals surface area contributed by atoms with Gasteiger partial charge in [-0.15, -0.1) is 0 Å². The number of anilines is 1. The van der Waals surface area contributed by atoms with Crippen molar-refractivity contribution in [2.24, 2.45) is 0 Å². The van der Waals surface area contributed by atoms with Crippen molar-refractivity contribution < 1.29 is 13.6 Å². The van der Waals surface area contributed by atoms with Crippen LogP contribution in [0.15, 0.2) is 98.6 Å². The third-order valence-electron chi connectivity index (χ3n) is 5.10. The number of halogens is 2. The molecule has 0 bridgehead atoms. The van der Waals surface area contributed by atoms with Gasteiger partial charge in [0.1, 0.15) is 11.3 Å². The lowest BCUT2D eigenvalue weighted by molar-refractivity contribution is 0.0997. The van der Waals surface area contributed by atoms with Crippen molar-refractivity contribution in [1.82, 2.24) is 0 Å². The van der Waals surface area contributed by atoms with Gasteiger partial charge in [-0.3, -0.25) is 4.79 Å². The number of hydrogen-bond donors (Lipinski definition) is 1. The molecule has 0 aliphatic carbocycles. The third kappa shape index (κ3) is 4.29. The van der Waals surface area contributed by atoms with Crippen LogP contribution in [0.2, 0.25) is 10.0 Å².